The molecule has 1 heterocycles. The second kappa shape index (κ2) is 6.45. The molecule has 7 heteroatoms. The first-order valence-electron chi connectivity index (χ1n) is 7.08. The number of nitrogens with zero attached hydrogens (tertiary/aromatic N) is 3. The molecule has 7 nitrogen and oxygen atoms in total. The molecule has 0 fully saturated rings. The summed E-state index contributed by atoms with van der Waals surface area (Å²) >= 11 is 0. The van der Waals surface area contributed by atoms with Crippen LogP contribution in [0.25, 0.3) is 11.0 Å². The van der Waals surface area contributed by atoms with Crippen LogP contribution in [0, 0.1) is 10.1 Å². The lowest BCUT2D eigenvalue weighted by Crippen LogP contribution is -2.23. The fourth-order valence-corrected chi connectivity index (χ4v) is 2.29. The second-order valence-corrected chi connectivity index (χ2v) is 5.10. The normalized spacial score (nSPS) is 12.2. The minimum atomic E-state index is -0.720. The predicted molar refractivity (Wildman–Crippen MR) is 84.3 cm³/mol. The van der Waals surface area contributed by atoms with E-state index in [1.54, 1.807) is 6.33 Å². The third kappa shape index (κ3) is 3.46. The number of aliphatic hydroxyl groups is 1. The van der Waals surface area contributed by atoms with Gasteiger partial charge in [-0.1, -0.05) is 12.1 Å². The lowest BCUT2D eigenvalue weighted by Gasteiger charge is -2.13. The molecule has 0 saturated carbocycles. The Morgan fingerprint density at radius 2 is 1.96 bits per heavy atom. The third-order valence-corrected chi connectivity index (χ3v) is 3.42. The van der Waals surface area contributed by atoms with Gasteiger partial charge in [-0.25, -0.2) is 4.98 Å². The van der Waals surface area contributed by atoms with Gasteiger partial charge in [0, 0.05) is 12.1 Å². The fraction of sp³-hybridized carbons (Fsp3) is 0.188. The molecule has 2 aromatic carbocycles. The van der Waals surface area contributed by atoms with Gasteiger partial charge in [0.1, 0.15) is 18.5 Å². The Hall–Kier alpha value is -2.93. The Labute approximate surface area is 131 Å². The van der Waals surface area contributed by atoms with Crippen molar-refractivity contribution < 1.29 is 14.8 Å². The minimum Gasteiger partial charge on any atom is -0.491 e. The summed E-state index contributed by atoms with van der Waals surface area (Å²) in [6.07, 6.45) is 0.961. The molecule has 23 heavy (non-hydrogen) atoms. The van der Waals surface area contributed by atoms with Gasteiger partial charge in [-0.05, 0) is 24.3 Å². The molecule has 0 aliphatic carbocycles. The Balaban J connectivity index is 1.59. The van der Waals surface area contributed by atoms with Gasteiger partial charge >= 0.3 is 0 Å². The molecule has 0 bridgehead atoms. The van der Waals surface area contributed by atoms with Crippen LogP contribution in [0.1, 0.15) is 0 Å². The lowest BCUT2D eigenvalue weighted by atomic mass is 10.3. The topological polar surface area (TPSA) is 90.4 Å². The van der Waals surface area contributed by atoms with E-state index in [1.165, 1.54) is 24.3 Å². The van der Waals surface area contributed by atoms with E-state index in [0.29, 0.717) is 12.3 Å². The number of nitro benzene ring substituents is 1. The van der Waals surface area contributed by atoms with Crippen LogP contribution in [0.15, 0.2) is 54.9 Å². The number of non-ortho nitro benzene ring substituents is 1. The summed E-state index contributed by atoms with van der Waals surface area (Å²) in [5, 5.41) is 20.7. The van der Waals surface area contributed by atoms with E-state index >= 15 is 0 Å². The molecule has 3 aromatic rings. The Kier molecular flexibility index (Phi) is 4.20. The fourth-order valence-electron chi connectivity index (χ4n) is 2.29. The number of imidazole rings is 1. The van der Waals surface area contributed by atoms with Gasteiger partial charge in [-0.2, -0.15) is 0 Å². The van der Waals surface area contributed by atoms with Crippen LogP contribution in [-0.4, -0.2) is 32.3 Å². The highest BCUT2D eigenvalue weighted by Crippen LogP contribution is 2.18. The van der Waals surface area contributed by atoms with E-state index in [1.807, 2.05) is 28.8 Å². The molecule has 1 N–H and O–H groups in total. The van der Waals surface area contributed by atoms with Crippen molar-refractivity contribution in [2.24, 2.45) is 0 Å². The van der Waals surface area contributed by atoms with Gasteiger partial charge in [0.25, 0.3) is 5.69 Å². The van der Waals surface area contributed by atoms with Crippen molar-refractivity contribution in [2.75, 3.05) is 6.61 Å². The van der Waals surface area contributed by atoms with Gasteiger partial charge in [0.05, 0.1) is 28.8 Å². The summed E-state index contributed by atoms with van der Waals surface area (Å²) in [7, 11) is 0. The Bertz CT molecular complexity index is 814. The molecule has 118 valence electrons. The highest BCUT2D eigenvalue weighted by molar-refractivity contribution is 5.74. The Morgan fingerprint density at radius 1 is 1.22 bits per heavy atom. The van der Waals surface area contributed by atoms with Crippen LogP contribution >= 0.6 is 0 Å². The SMILES string of the molecule is O=[N+]([O-])c1ccc(OC[C@H](O)Cn2cnc3ccccc32)cc1. The lowest BCUT2D eigenvalue weighted by molar-refractivity contribution is -0.384. The average Bonchev–Trinajstić information content (AvgIpc) is 2.96. The van der Waals surface area contributed by atoms with Crippen LogP contribution < -0.4 is 4.74 Å². The first-order chi connectivity index (χ1) is 11.1. The average molecular weight is 313 g/mol. The molecular weight excluding hydrogens is 298 g/mol. The minimum absolute atomic E-state index is 0.00258. The quantitative estimate of drug-likeness (QED) is 0.557. The van der Waals surface area contributed by atoms with Gasteiger partial charge in [0.2, 0.25) is 0 Å². The highest BCUT2D eigenvalue weighted by atomic mass is 16.6. The van der Waals surface area contributed by atoms with Crippen molar-refractivity contribution in [2.45, 2.75) is 12.6 Å². The van der Waals surface area contributed by atoms with Crippen molar-refractivity contribution in [3.8, 4) is 5.75 Å². The molecule has 3 rings (SSSR count). The first kappa shape index (κ1) is 15.0. The van der Waals surface area contributed by atoms with Gasteiger partial charge in [-0.15, -0.1) is 0 Å². The van der Waals surface area contributed by atoms with Crippen LogP contribution in [0.2, 0.25) is 0 Å². The van der Waals surface area contributed by atoms with Crippen molar-refractivity contribution in [1.29, 1.82) is 0 Å². The summed E-state index contributed by atoms with van der Waals surface area (Å²) < 4.78 is 7.32. The number of para-hydroxylation sites is 2. The summed E-state index contributed by atoms with van der Waals surface area (Å²) in [6, 6.07) is 13.4. The number of ether oxygens (including phenoxy) is 1. The largest absolute Gasteiger partial charge is 0.491 e. The summed E-state index contributed by atoms with van der Waals surface area (Å²) in [5.74, 6) is 0.477. The number of aromatic nitrogens is 2. The van der Waals surface area contributed by atoms with E-state index in [0.717, 1.165) is 11.0 Å². The number of rotatable bonds is 6. The van der Waals surface area contributed by atoms with Crippen LogP contribution in [0.4, 0.5) is 5.69 Å². The molecule has 0 amide bonds. The van der Waals surface area contributed by atoms with E-state index in [2.05, 4.69) is 4.98 Å². The number of nitro groups is 1. The maximum absolute atomic E-state index is 10.6. The molecule has 0 aliphatic rings. The van der Waals surface area contributed by atoms with Crippen molar-refractivity contribution in [3.63, 3.8) is 0 Å². The van der Waals surface area contributed by atoms with E-state index < -0.39 is 11.0 Å². The monoisotopic (exact) mass is 313 g/mol. The number of aliphatic hydroxyl groups excluding tert-OH is 1. The van der Waals surface area contributed by atoms with Crippen LogP contribution in [0.5, 0.6) is 5.75 Å². The van der Waals surface area contributed by atoms with Crippen LogP contribution in [0.3, 0.4) is 0 Å². The number of hydrogen-bond donors (Lipinski definition) is 1. The molecule has 0 spiro atoms. The molecule has 0 radical (unpaired) electrons. The molecule has 0 aliphatic heterocycles. The third-order valence-electron chi connectivity index (χ3n) is 3.42. The number of fused-ring (bicyclic) bond motifs is 1. The zero-order chi connectivity index (χ0) is 16.2. The van der Waals surface area contributed by atoms with Gasteiger partial charge in [0.15, 0.2) is 0 Å². The molecule has 0 unspecified atom stereocenters. The maximum Gasteiger partial charge on any atom is 0.269 e. The zero-order valence-corrected chi connectivity index (χ0v) is 12.2. The summed E-state index contributed by atoms with van der Waals surface area (Å²) in [5.41, 5.74) is 1.82. The molecule has 1 aromatic heterocycles. The van der Waals surface area contributed by atoms with E-state index in [-0.39, 0.29) is 12.3 Å². The number of benzene rings is 2. The zero-order valence-electron chi connectivity index (χ0n) is 12.2. The number of hydrogen-bond acceptors (Lipinski definition) is 5. The van der Waals surface area contributed by atoms with Gasteiger partial charge < -0.3 is 14.4 Å². The summed E-state index contributed by atoms with van der Waals surface area (Å²) in [6.45, 7) is 0.442. The van der Waals surface area contributed by atoms with Crippen molar-refractivity contribution in [1.82, 2.24) is 9.55 Å². The van der Waals surface area contributed by atoms with Crippen LogP contribution in [-0.2, 0) is 6.54 Å². The standard InChI is InChI=1S/C16H15N3O4/c20-13(9-18-11-17-15-3-1-2-4-16(15)18)10-23-14-7-5-12(6-8-14)19(21)22/h1-8,11,13,20H,9-10H2/t13-/m1/s1. The molecular formula is C16H15N3O4. The second-order valence-electron chi connectivity index (χ2n) is 5.10. The molecule has 1 atom stereocenters. The Morgan fingerprint density at radius 3 is 2.70 bits per heavy atom. The highest BCUT2D eigenvalue weighted by Gasteiger charge is 2.10. The van der Waals surface area contributed by atoms with E-state index in [4.69, 9.17) is 4.74 Å². The maximum atomic E-state index is 10.6. The first-order valence-corrected chi connectivity index (χ1v) is 7.08. The molecule has 0 saturated heterocycles. The summed E-state index contributed by atoms with van der Waals surface area (Å²) in [4.78, 5) is 14.4. The predicted octanol–water partition coefficient (Wildman–Crippen LogP) is 2.38. The van der Waals surface area contributed by atoms with Gasteiger partial charge in [-0.3, -0.25) is 10.1 Å². The van der Waals surface area contributed by atoms with Crippen molar-refractivity contribution in [3.05, 3.63) is 65.0 Å². The van der Waals surface area contributed by atoms with E-state index in [9.17, 15) is 15.2 Å². The smallest absolute Gasteiger partial charge is 0.269 e. The van der Waals surface area contributed by atoms with Crippen molar-refractivity contribution >= 4 is 16.7 Å².